The third-order valence-corrected chi connectivity index (χ3v) is 3.52. The molecule has 2 aromatic rings. The van der Waals surface area contributed by atoms with Crippen molar-refractivity contribution in [3.05, 3.63) is 76.9 Å². The molecule has 0 aromatic heterocycles. The van der Waals surface area contributed by atoms with Gasteiger partial charge >= 0.3 is 0 Å². The van der Waals surface area contributed by atoms with Gasteiger partial charge in [0.2, 0.25) is 0 Å². The molecule has 0 atom stereocenters. The Morgan fingerprint density at radius 1 is 0.857 bits per heavy atom. The quantitative estimate of drug-likeness (QED) is 0.574. The molecule has 0 unspecified atom stereocenters. The van der Waals surface area contributed by atoms with Gasteiger partial charge in [-0.25, -0.2) is 0 Å². The third kappa shape index (κ3) is 3.95. The van der Waals surface area contributed by atoms with Crippen LogP contribution in [0.2, 0.25) is 0 Å². The molecule has 0 heterocycles. The van der Waals surface area contributed by atoms with Gasteiger partial charge in [-0.2, -0.15) is 0 Å². The molecule has 0 nitrogen and oxygen atoms in total. The monoisotopic (exact) mass is 276 g/mol. The van der Waals surface area contributed by atoms with Gasteiger partial charge in [-0.05, 0) is 68.5 Å². The van der Waals surface area contributed by atoms with Gasteiger partial charge in [0.15, 0.2) is 0 Å². The molecular formula is C21H24. The van der Waals surface area contributed by atoms with Crippen LogP contribution in [0.3, 0.4) is 0 Å². The zero-order valence-corrected chi connectivity index (χ0v) is 13.7. The van der Waals surface area contributed by atoms with Crippen molar-refractivity contribution in [2.24, 2.45) is 0 Å². The molecule has 0 aliphatic carbocycles. The fourth-order valence-electron chi connectivity index (χ4n) is 2.59. The molecule has 0 heteroatoms. The lowest BCUT2D eigenvalue weighted by atomic mass is 9.95. The van der Waals surface area contributed by atoms with E-state index in [0.717, 1.165) is 0 Å². The molecule has 0 bridgehead atoms. The Hall–Kier alpha value is -2.08. The molecule has 0 spiro atoms. The highest BCUT2D eigenvalue weighted by atomic mass is 14.1. The maximum absolute atomic E-state index is 2.29. The molecule has 0 N–H and O–H groups in total. The van der Waals surface area contributed by atoms with Crippen LogP contribution in [0.5, 0.6) is 0 Å². The topological polar surface area (TPSA) is 0 Å². The van der Waals surface area contributed by atoms with E-state index in [9.17, 15) is 0 Å². The molecule has 0 aliphatic heterocycles. The van der Waals surface area contributed by atoms with Crippen molar-refractivity contribution in [2.45, 2.75) is 34.6 Å². The molecule has 2 aromatic carbocycles. The van der Waals surface area contributed by atoms with Gasteiger partial charge in [0.1, 0.15) is 0 Å². The second kappa shape index (κ2) is 6.58. The first-order valence-electron chi connectivity index (χ1n) is 7.50. The van der Waals surface area contributed by atoms with Crippen molar-refractivity contribution >= 4 is 5.57 Å². The van der Waals surface area contributed by atoms with Crippen LogP contribution in [0.1, 0.15) is 37.5 Å². The highest BCUT2D eigenvalue weighted by Crippen LogP contribution is 2.27. The Kier molecular flexibility index (Phi) is 4.80. The molecule has 2 rings (SSSR count). The summed E-state index contributed by atoms with van der Waals surface area (Å²) in [6, 6.07) is 15.5. The van der Waals surface area contributed by atoms with E-state index in [-0.39, 0.29) is 0 Å². The molecular weight excluding hydrogens is 252 g/mol. The summed E-state index contributed by atoms with van der Waals surface area (Å²) in [7, 11) is 0. The number of hydrogen-bond acceptors (Lipinski definition) is 0. The average molecular weight is 276 g/mol. The summed E-state index contributed by atoms with van der Waals surface area (Å²) >= 11 is 0. The molecule has 0 radical (unpaired) electrons. The van der Waals surface area contributed by atoms with E-state index in [1.54, 1.807) is 0 Å². The predicted octanol–water partition coefficient (Wildman–Crippen LogP) is 6.34. The van der Waals surface area contributed by atoms with Gasteiger partial charge in [0, 0.05) is 0 Å². The van der Waals surface area contributed by atoms with Crippen molar-refractivity contribution in [3.8, 4) is 11.1 Å². The largest absolute Gasteiger partial charge is 0.0798 e. The molecule has 0 fully saturated rings. The van der Waals surface area contributed by atoms with Gasteiger partial charge < -0.3 is 0 Å². The van der Waals surface area contributed by atoms with Crippen molar-refractivity contribution < 1.29 is 0 Å². The Labute approximate surface area is 128 Å². The Bertz CT molecular complexity index is 696. The summed E-state index contributed by atoms with van der Waals surface area (Å²) in [5, 5.41) is 0. The first-order valence-corrected chi connectivity index (χ1v) is 7.50. The maximum Gasteiger partial charge on any atom is -0.0175 e. The second-order valence-corrected chi connectivity index (χ2v) is 5.92. The summed E-state index contributed by atoms with van der Waals surface area (Å²) in [4.78, 5) is 0. The van der Waals surface area contributed by atoms with Gasteiger partial charge in [0.05, 0.1) is 0 Å². The maximum atomic E-state index is 2.29. The Morgan fingerprint density at radius 3 is 2.19 bits per heavy atom. The van der Waals surface area contributed by atoms with E-state index in [4.69, 9.17) is 0 Å². The Morgan fingerprint density at radius 2 is 1.57 bits per heavy atom. The lowest BCUT2D eigenvalue weighted by Gasteiger charge is -2.10. The van der Waals surface area contributed by atoms with E-state index in [0.29, 0.717) is 0 Å². The van der Waals surface area contributed by atoms with Gasteiger partial charge in [-0.1, -0.05) is 59.7 Å². The van der Waals surface area contributed by atoms with Crippen LogP contribution in [-0.4, -0.2) is 0 Å². The van der Waals surface area contributed by atoms with E-state index in [2.05, 4.69) is 89.2 Å². The fourth-order valence-corrected chi connectivity index (χ4v) is 2.59. The zero-order chi connectivity index (χ0) is 15.4. The van der Waals surface area contributed by atoms with Crippen molar-refractivity contribution in [2.75, 3.05) is 0 Å². The number of rotatable bonds is 3. The molecule has 21 heavy (non-hydrogen) atoms. The number of hydrogen-bond donors (Lipinski definition) is 0. The highest BCUT2D eigenvalue weighted by molar-refractivity contribution is 5.78. The molecule has 0 saturated carbocycles. The first-order chi connectivity index (χ1) is 9.99. The molecule has 0 saturated heterocycles. The van der Waals surface area contributed by atoms with Crippen LogP contribution in [0.4, 0.5) is 0 Å². The molecule has 0 aliphatic rings. The van der Waals surface area contributed by atoms with Crippen LogP contribution in [-0.2, 0) is 0 Å². The molecule has 0 amide bonds. The number of allylic oxidation sites excluding steroid dienone is 4. The van der Waals surface area contributed by atoms with E-state index in [1.807, 2.05) is 0 Å². The summed E-state index contributed by atoms with van der Waals surface area (Å²) in [5.74, 6) is 0. The summed E-state index contributed by atoms with van der Waals surface area (Å²) < 4.78 is 0. The predicted molar refractivity (Wildman–Crippen MR) is 94.4 cm³/mol. The number of aryl methyl sites for hydroxylation is 2. The first kappa shape index (κ1) is 15.3. The average Bonchev–Trinajstić information content (AvgIpc) is 2.44. The van der Waals surface area contributed by atoms with Crippen LogP contribution in [0.25, 0.3) is 16.7 Å². The van der Waals surface area contributed by atoms with Crippen LogP contribution in [0, 0.1) is 13.8 Å². The van der Waals surface area contributed by atoms with Crippen molar-refractivity contribution in [1.29, 1.82) is 0 Å². The van der Waals surface area contributed by atoms with Crippen molar-refractivity contribution in [3.63, 3.8) is 0 Å². The lowest BCUT2D eigenvalue weighted by Crippen LogP contribution is -1.88. The summed E-state index contributed by atoms with van der Waals surface area (Å²) in [6.45, 7) is 10.7. The number of benzene rings is 2. The van der Waals surface area contributed by atoms with E-state index >= 15 is 0 Å². The van der Waals surface area contributed by atoms with Gasteiger partial charge in [-0.3, -0.25) is 0 Å². The zero-order valence-electron chi connectivity index (χ0n) is 13.7. The minimum atomic E-state index is 1.28. The minimum Gasteiger partial charge on any atom is -0.0798 e. The second-order valence-electron chi connectivity index (χ2n) is 5.92. The summed E-state index contributed by atoms with van der Waals surface area (Å²) in [6.07, 6.45) is 4.43. The van der Waals surface area contributed by atoms with E-state index in [1.165, 1.54) is 39.0 Å². The Balaban J connectivity index is 2.54. The SMILES string of the molecule is CC=C(C=C(C)C)c1cc(C)cc(-c2cccc(C)c2)c1. The minimum absolute atomic E-state index is 1.28. The standard InChI is InChI=1S/C21H24/c1-6-18(10-15(2)3)20-12-17(5)13-21(14-20)19-9-7-8-16(4)11-19/h6-14H,1-5H3. The normalized spacial score (nSPS) is 11.4. The smallest absolute Gasteiger partial charge is 0.0175 e. The van der Waals surface area contributed by atoms with Crippen LogP contribution >= 0.6 is 0 Å². The lowest BCUT2D eigenvalue weighted by molar-refractivity contribution is 1.38. The van der Waals surface area contributed by atoms with Crippen LogP contribution in [0.15, 0.2) is 60.2 Å². The van der Waals surface area contributed by atoms with Crippen LogP contribution < -0.4 is 0 Å². The van der Waals surface area contributed by atoms with Gasteiger partial charge in [-0.15, -0.1) is 0 Å². The van der Waals surface area contributed by atoms with Crippen molar-refractivity contribution in [1.82, 2.24) is 0 Å². The third-order valence-electron chi connectivity index (χ3n) is 3.52. The fraction of sp³-hybridized carbons (Fsp3) is 0.238. The van der Waals surface area contributed by atoms with Gasteiger partial charge in [0.25, 0.3) is 0 Å². The molecule has 108 valence electrons. The van der Waals surface area contributed by atoms with E-state index < -0.39 is 0 Å². The highest BCUT2D eigenvalue weighted by Gasteiger charge is 2.04. The summed E-state index contributed by atoms with van der Waals surface area (Å²) in [5.41, 5.74) is 9.06.